The molecule has 1 heterocycles. The van der Waals surface area contributed by atoms with Crippen molar-refractivity contribution in [1.82, 2.24) is 0 Å². The van der Waals surface area contributed by atoms with Crippen LogP contribution in [0.1, 0.15) is 8.27 Å². The van der Waals surface area contributed by atoms with Gasteiger partial charge in [0.1, 0.15) is 17.8 Å². The molecular formula is C7H15NO5. The Morgan fingerprint density at radius 3 is 2.69 bits per heavy atom. The number of hydrogen-bond donors (Lipinski definition) is 5. The lowest BCUT2D eigenvalue weighted by Crippen LogP contribution is -2.67. The van der Waals surface area contributed by atoms with Crippen molar-refractivity contribution >= 4 is 0 Å². The summed E-state index contributed by atoms with van der Waals surface area (Å²) in [5.41, 5.74) is 3.40. The highest BCUT2D eigenvalue weighted by atomic mass is 16.6. The summed E-state index contributed by atoms with van der Waals surface area (Å²) in [7, 11) is 0. The first kappa shape index (κ1) is 9.32. The van der Waals surface area contributed by atoms with Crippen molar-refractivity contribution in [1.29, 1.82) is 0 Å². The van der Waals surface area contributed by atoms with Crippen molar-refractivity contribution in [3.8, 4) is 0 Å². The number of hydrogen-bond acceptors (Lipinski definition) is 6. The summed E-state index contributed by atoms with van der Waals surface area (Å²) in [5, 5.41) is 37.3. The van der Waals surface area contributed by atoms with Crippen LogP contribution in [0.5, 0.6) is 0 Å². The number of aliphatic hydroxyl groups excluding tert-OH is 3. The number of ether oxygens (including phenoxy) is 1. The average Bonchev–Trinajstić information content (AvgIpc) is 2.20. The van der Waals surface area contributed by atoms with Gasteiger partial charge < -0.3 is 30.9 Å². The fourth-order valence-electron chi connectivity index (χ4n) is 1.26. The third-order valence-electron chi connectivity index (χ3n) is 2.23. The molecule has 0 aliphatic carbocycles. The van der Waals surface area contributed by atoms with Crippen LogP contribution in [0.25, 0.3) is 0 Å². The molecule has 1 aliphatic rings. The summed E-state index contributed by atoms with van der Waals surface area (Å²) in [6, 6.07) is -1.19. The van der Waals surface area contributed by atoms with Crippen LogP contribution in [0.2, 0.25) is 0 Å². The van der Waals surface area contributed by atoms with Gasteiger partial charge in [0.25, 0.3) is 0 Å². The molecule has 1 unspecified atom stereocenters. The molecule has 1 fully saturated rings. The van der Waals surface area contributed by atoms with Crippen LogP contribution in [0.3, 0.4) is 0 Å². The van der Waals surface area contributed by atoms with Crippen LogP contribution < -0.4 is 5.73 Å². The van der Waals surface area contributed by atoms with Gasteiger partial charge in [-0.3, -0.25) is 0 Å². The maximum Gasteiger partial charge on any atom is 0.173 e. The topological polar surface area (TPSA) is 116 Å². The van der Waals surface area contributed by atoms with Gasteiger partial charge in [0.05, 0.1) is 12.6 Å². The second-order valence-electron chi connectivity index (χ2n) is 3.21. The van der Waals surface area contributed by atoms with E-state index in [4.69, 9.17) is 16.9 Å². The van der Waals surface area contributed by atoms with Crippen LogP contribution in [0.15, 0.2) is 0 Å². The molecule has 0 radical (unpaired) electrons. The van der Waals surface area contributed by atoms with E-state index in [0.29, 0.717) is 0 Å². The Morgan fingerprint density at radius 2 is 2.23 bits per heavy atom. The summed E-state index contributed by atoms with van der Waals surface area (Å²) in [6.07, 6.45) is -4.15. The van der Waals surface area contributed by atoms with Crippen molar-refractivity contribution < 1.29 is 26.5 Å². The van der Waals surface area contributed by atoms with Gasteiger partial charge in [0, 0.05) is 1.37 Å². The molecular weight excluding hydrogens is 178 g/mol. The van der Waals surface area contributed by atoms with Crippen molar-refractivity contribution in [3.63, 3.8) is 0 Å². The SMILES string of the molecule is [2H]C[C@]1(O)[C@H](O)[C@@H](N)C(O)O[C@@H]1CO. The van der Waals surface area contributed by atoms with E-state index < -0.39 is 43.6 Å². The van der Waals surface area contributed by atoms with E-state index in [1.54, 1.807) is 0 Å². The van der Waals surface area contributed by atoms with Gasteiger partial charge in [-0.2, -0.15) is 0 Å². The highest BCUT2D eigenvalue weighted by Crippen LogP contribution is 2.27. The zero-order valence-electron chi connectivity index (χ0n) is 8.00. The molecule has 1 aliphatic heterocycles. The maximum absolute atomic E-state index is 9.78. The fraction of sp³-hybridized carbons (Fsp3) is 1.00. The standard InChI is InChI=1S/C7H15NO5/c1-7(12)3(2-9)13-6(11)4(8)5(7)10/h3-6,9-12H,2,8H2,1H3/t3-,4-,5-,6?,7-/m1/s1/i1D. The Hall–Kier alpha value is -0.240. The number of aliphatic hydroxyl groups is 4. The Bertz CT molecular complexity index is 203. The highest BCUT2D eigenvalue weighted by Gasteiger charge is 2.50. The molecule has 0 aromatic carbocycles. The minimum Gasteiger partial charge on any atom is -0.394 e. The molecule has 5 atom stereocenters. The minimum absolute atomic E-state index is 0.570. The van der Waals surface area contributed by atoms with Gasteiger partial charge in [-0.1, -0.05) is 0 Å². The van der Waals surface area contributed by atoms with E-state index in [-0.39, 0.29) is 0 Å². The van der Waals surface area contributed by atoms with E-state index in [2.05, 4.69) is 0 Å². The maximum atomic E-state index is 9.78. The molecule has 0 aromatic heterocycles. The van der Waals surface area contributed by atoms with Crippen molar-refractivity contribution in [2.45, 2.75) is 37.0 Å². The lowest BCUT2D eigenvalue weighted by atomic mass is 9.85. The normalized spacial score (nSPS) is 53.2. The molecule has 0 spiro atoms. The number of nitrogens with two attached hydrogens (primary N) is 1. The monoisotopic (exact) mass is 194 g/mol. The van der Waals surface area contributed by atoms with Crippen molar-refractivity contribution in [2.75, 3.05) is 6.61 Å². The van der Waals surface area contributed by atoms with E-state index in [1.807, 2.05) is 0 Å². The van der Waals surface area contributed by atoms with E-state index in [0.717, 1.165) is 0 Å². The summed E-state index contributed by atoms with van der Waals surface area (Å²) in [6.45, 7) is -1.17. The predicted molar refractivity (Wildman–Crippen MR) is 42.6 cm³/mol. The first-order valence-corrected chi connectivity index (χ1v) is 3.87. The second kappa shape index (κ2) is 3.49. The van der Waals surface area contributed by atoms with Crippen LogP contribution in [-0.2, 0) is 4.74 Å². The molecule has 1 rings (SSSR count). The van der Waals surface area contributed by atoms with Gasteiger partial charge in [0.2, 0.25) is 0 Å². The smallest absolute Gasteiger partial charge is 0.173 e. The number of rotatable bonds is 1. The lowest BCUT2D eigenvalue weighted by molar-refractivity contribution is -0.283. The molecule has 0 amide bonds. The summed E-state index contributed by atoms with van der Waals surface area (Å²) in [4.78, 5) is 0. The van der Waals surface area contributed by atoms with Gasteiger partial charge in [-0.15, -0.1) is 0 Å². The summed E-state index contributed by atoms with van der Waals surface area (Å²) >= 11 is 0. The molecule has 0 saturated carbocycles. The molecule has 6 N–H and O–H groups in total. The molecule has 6 heteroatoms. The van der Waals surface area contributed by atoms with Gasteiger partial charge in [0.15, 0.2) is 6.29 Å². The Balaban J connectivity index is 2.89. The molecule has 0 aromatic rings. The predicted octanol–water partition coefficient (Wildman–Crippen LogP) is -2.86. The van der Waals surface area contributed by atoms with E-state index in [1.165, 1.54) is 0 Å². The average molecular weight is 194 g/mol. The third-order valence-corrected chi connectivity index (χ3v) is 2.23. The van der Waals surface area contributed by atoms with Crippen molar-refractivity contribution in [3.05, 3.63) is 0 Å². The largest absolute Gasteiger partial charge is 0.394 e. The van der Waals surface area contributed by atoms with E-state index in [9.17, 15) is 15.3 Å². The highest BCUT2D eigenvalue weighted by molar-refractivity contribution is 4.99. The zero-order valence-corrected chi connectivity index (χ0v) is 7.00. The van der Waals surface area contributed by atoms with E-state index >= 15 is 0 Å². The van der Waals surface area contributed by atoms with Gasteiger partial charge >= 0.3 is 0 Å². The van der Waals surface area contributed by atoms with Crippen LogP contribution >= 0.6 is 0 Å². The Kier molecular flexibility index (Phi) is 2.50. The van der Waals surface area contributed by atoms with Gasteiger partial charge in [-0.05, 0) is 6.90 Å². The minimum atomic E-state index is -1.94. The lowest BCUT2D eigenvalue weighted by Gasteiger charge is -2.45. The quantitative estimate of drug-likeness (QED) is 0.306. The first-order chi connectivity index (χ1) is 6.47. The second-order valence-corrected chi connectivity index (χ2v) is 3.21. The van der Waals surface area contributed by atoms with Crippen LogP contribution in [0, 0.1) is 0 Å². The Labute approximate surface area is 77.0 Å². The molecule has 13 heavy (non-hydrogen) atoms. The summed E-state index contributed by atoms with van der Waals surface area (Å²) in [5.74, 6) is 0. The molecule has 78 valence electrons. The fourth-order valence-corrected chi connectivity index (χ4v) is 1.26. The first-order valence-electron chi connectivity index (χ1n) is 4.57. The molecule has 1 saturated heterocycles. The van der Waals surface area contributed by atoms with Gasteiger partial charge in [-0.25, -0.2) is 0 Å². The summed E-state index contributed by atoms with van der Waals surface area (Å²) < 4.78 is 11.9. The molecule has 6 nitrogen and oxygen atoms in total. The van der Waals surface area contributed by atoms with Crippen LogP contribution in [0.4, 0.5) is 0 Å². The Morgan fingerprint density at radius 1 is 1.62 bits per heavy atom. The zero-order chi connectivity index (χ0) is 10.9. The molecule has 0 bridgehead atoms. The van der Waals surface area contributed by atoms with Crippen LogP contribution in [-0.4, -0.2) is 57.2 Å². The van der Waals surface area contributed by atoms with Crippen molar-refractivity contribution in [2.24, 2.45) is 5.73 Å². The third kappa shape index (κ3) is 1.69.